The zero-order chi connectivity index (χ0) is 13.8. The zero-order valence-electron chi connectivity index (χ0n) is 10.3. The minimum Gasteiger partial charge on any atom is -0.465 e. The van der Waals surface area contributed by atoms with Crippen LogP contribution >= 0.6 is 0 Å². The fourth-order valence-corrected chi connectivity index (χ4v) is 1.78. The lowest BCUT2D eigenvalue weighted by Crippen LogP contribution is -2.28. The Morgan fingerprint density at radius 1 is 1.53 bits per heavy atom. The molecule has 0 saturated heterocycles. The summed E-state index contributed by atoms with van der Waals surface area (Å²) in [5.74, 6) is -0.349. The van der Waals surface area contributed by atoms with Crippen LogP contribution in [0.3, 0.4) is 0 Å². The van der Waals surface area contributed by atoms with Crippen molar-refractivity contribution < 1.29 is 14.5 Å². The first-order chi connectivity index (χ1) is 9.11. The van der Waals surface area contributed by atoms with Gasteiger partial charge in [-0.2, -0.15) is 0 Å². The molecular formula is C12H13N3O4. The molecule has 2 rings (SSSR count). The number of nitro benzene ring substituents is 1. The molecule has 100 valence electrons. The van der Waals surface area contributed by atoms with E-state index in [1.807, 2.05) is 0 Å². The molecule has 1 N–H and O–H groups in total. The van der Waals surface area contributed by atoms with Gasteiger partial charge in [0.05, 0.1) is 22.9 Å². The van der Waals surface area contributed by atoms with Crippen molar-refractivity contribution in [3.8, 4) is 0 Å². The molecular weight excluding hydrogens is 250 g/mol. The fraction of sp³-hybridized carbons (Fsp3) is 0.250. The fourth-order valence-electron chi connectivity index (χ4n) is 1.78. The van der Waals surface area contributed by atoms with Crippen LogP contribution < -0.4 is 10.2 Å². The second kappa shape index (κ2) is 5.38. The van der Waals surface area contributed by atoms with Crippen LogP contribution in [0.1, 0.15) is 6.92 Å². The number of nitro groups is 1. The molecule has 19 heavy (non-hydrogen) atoms. The van der Waals surface area contributed by atoms with Crippen molar-refractivity contribution in [1.82, 2.24) is 0 Å². The average molecular weight is 263 g/mol. The third kappa shape index (κ3) is 2.82. The smallest absolute Gasteiger partial charge is 0.325 e. The molecule has 0 aliphatic carbocycles. The summed E-state index contributed by atoms with van der Waals surface area (Å²) in [6.45, 7) is 2.13. The largest absolute Gasteiger partial charge is 0.465 e. The number of esters is 1. The standard InChI is InChI=1S/C12H13N3O4/c1-2-19-12(16)8-14-6-5-13-10-7-9(15(17)18)3-4-11(10)14/h3-7,13H,2,8H2,1H3. The normalized spacial score (nSPS) is 12.6. The molecule has 1 aliphatic heterocycles. The Hall–Kier alpha value is -2.57. The van der Waals surface area contributed by atoms with Crippen molar-refractivity contribution in [2.24, 2.45) is 0 Å². The molecule has 0 atom stereocenters. The summed E-state index contributed by atoms with van der Waals surface area (Å²) in [7, 11) is 0. The molecule has 1 heterocycles. The Balaban J connectivity index is 2.22. The maximum absolute atomic E-state index is 11.5. The van der Waals surface area contributed by atoms with E-state index in [1.54, 1.807) is 30.3 Å². The molecule has 0 aromatic heterocycles. The van der Waals surface area contributed by atoms with Gasteiger partial charge in [-0.15, -0.1) is 0 Å². The van der Waals surface area contributed by atoms with Crippen LogP contribution in [0.25, 0.3) is 0 Å². The summed E-state index contributed by atoms with van der Waals surface area (Å²) < 4.78 is 4.88. The Morgan fingerprint density at radius 2 is 2.32 bits per heavy atom. The maximum atomic E-state index is 11.5. The molecule has 0 amide bonds. The minimum atomic E-state index is -0.462. The minimum absolute atomic E-state index is 0.00219. The highest BCUT2D eigenvalue weighted by atomic mass is 16.6. The van der Waals surface area contributed by atoms with Gasteiger partial charge in [0.25, 0.3) is 5.69 Å². The number of nitrogens with one attached hydrogen (secondary N) is 1. The molecule has 0 spiro atoms. The van der Waals surface area contributed by atoms with E-state index in [9.17, 15) is 14.9 Å². The van der Waals surface area contributed by atoms with Crippen LogP contribution in [0, 0.1) is 10.1 Å². The molecule has 7 heteroatoms. The number of carbonyl (C=O) groups excluding carboxylic acids is 1. The average Bonchev–Trinajstić information content (AvgIpc) is 2.38. The van der Waals surface area contributed by atoms with Crippen molar-refractivity contribution >= 4 is 23.0 Å². The van der Waals surface area contributed by atoms with Crippen LogP contribution in [-0.4, -0.2) is 24.0 Å². The number of non-ortho nitro benzene ring substituents is 1. The van der Waals surface area contributed by atoms with Gasteiger partial charge in [0, 0.05) is 24.5 Å². The van der Waals surface area contributed by atoms with Gasteiger partial charge in [-0.3, -0.25) is 14.9 Å². The Bertz CT molecular complexity index is 542. The Morgan fingerprint density at radius 3 is 3.00 bits per heavy atom. The lowest BCUT2D eigenvalue weighted by molar-refractivity contribution is -0.384. The van der Waals surface area contributed by atoms with Gasteiger partial charge in [-0.25, -0.2) is 0 Å². The zero-order valence-corrected chi connectivity index (χ0v) is 10.3. The van der Waals surface area contributed by atoms with E-state index in [4.69, 9.17) is 4.74 Å². The highest BCUT2D eigenvalue weighted by Crippen LogP contribution is 2.32. The first-order valence-electron chi connectivity index (χ1n) is 5.75. The summed E-state index contributed by atoms with van der Waals surface area (Å²) >= 11 is 0. The van der Waals surface area contributed by atoms with Crippen LogP contribution in [0.5, 0.6) is 0 Å². The quantitative estimate of drug-likeness (QED) is 0.507. The molecule has 1 aliphatic rings. The monoisotopic (exact) mass is 263 g/mol. The van der Waals surface area contributed by atoms with Crippen molar-refractivity contribution in [2.75, 3.05) is 23.4 Å². The third-order valence-electron chi connectivity index (χ3n) is 2.60. The number of rotatable bonds is 4. The highest BCUT2D eigenvalue weighted by Gasteiger charge is 2.19. The van der Waals surface area contributed by atoms with Gasteiger partial charge in [0.15, 0.2) is 0 Å². The molecule has 1 aromatic carbocycles. The lowest BCUT2D eigenvalue weighted by Gasteiger charge is -2.25. The van der Waals surface area contributed by atoms with E-state index < -0.39 is 4.92 Å². The first kappa shape index (κ1) is 12.9. The SMILES string of the molecule is CCOC(=O)CN1C=CNc2cc([N+](=O)[O-])ccc21. The van der Waals surface area contributed by atoms with E-state index in [-0.39, 0.29) is 18.2 Å². The maximum Gasteiger partial charge on any atom is 0.325 e. The molecule has 0 fully saturated rings. The summed E-state index contributed by atoms with van der Waals surface area (Å²) in [6, 6.07) is 4.43. The number of nitrogens with zero attached hydrogens (tertiary/aromatic N) is 2. The molecule has 0 radical (unpaired) electrons. The predicted molar refractivity (Wildman–Crippen MR) is 69.8 cm³/mol. The number of anilines is 2. The number of hydrogen-bond donors (Lipinski definition) is 1. The molecule has 0 bridgehead atoms. The summed E-state index contributed by atoms with van der Waals surface area (Å²) in [5.41, 5.74) is 1.28. The van der Waals surface area contributed by atoms with E-state index in [2.05, 4.69) is 5.32 Å². The molecule has 7 nitrogen and oxygen atoms in total. The van der Waals surface area contributed by atoms with Gasteiger partial charge < -0.3 is 15.0 Å². The van der Waals surface area contributed by atoms with Crippen molar-refractivity contribution in [2.45, 2.75) is 6.92 Å². The van der Waals surface area contributed by atoms with E-state index in [1.165, 1.54) is 12.1 Å². The number of benzene rings is 1. The molecule has 0 unspecified atom stereocenters. The Kier molecular flexibility index (Phi) is 3.65. The van der Waals surface area contributed by atoms with Crippen molar-refractivity contribution in [3.05, 3.63) is 40.7 Å². The number of hydrogen-bond acceptors (Lipinski definition) is 6. The number of carbonyl (C=O) groups is 1. The topological polar surface area (TPSA) is 84.7 Å². The second-order valence-electron chi connectivity index (χ2n) is 3.85. The van der Waals surface area contributed by atoms with Gasteiger partial charge in [-0.1, -0.05) is 0 Å². The lowest BCUT2D eigenvalue weighted by atomic mass is 10.2. The van der Waals surface area contributed by atoms with Gasteiger partial charge in [0.2, 0.25) is 0 Å². The van der Waals surface area contributed by atoms with E-state index in [0.717, 1.165) is 0 Å². The number of fused-ring (bicyclic) bond motifs is 1. The summed E-state index contributed by atoms with van der Waals surface area (Å²) in [5, 5.41) is 13.6. The second-order valence-corrected chi connectivity index (χ2v) is 3.85. The number of ether oxygens (including phenoxy) is 1. The van der Waals surface area contributed by atoms with Crippen LogP contribution in [0.4, 0.5) is 17.1 Å². The summed E-state index contributed by atoms with van der Waals surface area (Å²) in [6.07, 6.45) is 3.30. The first-order valence-corrected chi connectivity index (χ1v) is 5.75. The van der Waals surface area contributed by atoms with Gasteiger partial charge in [0.1, 0.15) is 6.54 Å². The van der Waals surface area contributed by atoms with Crippen molar-refractivity contribution in [3.63, 3.8) is 0 Å². The van der Waals surface area contributed by atoms with Gasteiger partial charge >= 0.3 is 5.97 Å². The Labute approximate surface area is 109 Å². The van der Waals surface area contributed by atoms with E-state index in [0.29, 0.717) is 18.0 Å². The summed E-state index contributed by atoms with van der Waals surface area (Å²) in [4.78, 5) is 23.4. The van der Waals surface area contributed by atoms with Crippen LogP contribution in [-0.2, 0) is 9.53 Å². The van der Waals surface area contributed by atoms with Crippen molar-refractivity contribution in [1.29, 1.82) is 0 Å². The molecule has 1 aromatic rings. The third-order valence-corrected chi connectivity index (χ3v) is 2.60. The highest BCUT2D eigenvalue weighted by molar-refractivity contribution is 5.83. The molecule has 0 saturated carbocycles. The van der Waals surface area contributed by atoms with Gasteiger partial charge in [-0.05, 0) is 13.0 Å². The predicted octanol–water partition coefficient (Wildman–Crippen LogP) is 1.86. The van der Waals surface area contributed by atoms with Crippen LogP contribution in [0.2, 0.25) is 0 Å². The van der Waals surface area contributed by atoms with Crippen LogP contribution in [0.15, 0.2) is 30.6 Å². The van der Waals surface area contributed by atoms with E-state index >= 15 is 0 Å².